The van der Waals surface area contributed by atoms with E-state index in [2.05, 4.69) is 21.3 Å². The van der Waals surface area contributed by atoms with E-state index in [0.29, 0.717) is 32.2 Å². The first-order valence-electron chi connectivity index (χ1n) is 11.9. The zero-order chi connectivity index (χ0) is 25.7. The van der Waals surface area contributed by atoms with E-state index in [9.17, 15) is 29.1 Å². The molecule has 9 N–H and O–H groups in total. The van der Waals surface area contributed by atoms with Crippen LogP contribution in [0.2, 0.25) is 0 Å². The molecule has 1 rings (SSSR count). The topological polar surface area (TPSA) is 206 Å². The van der Waals surface area contributed by atoms with Crippen molar-refractivity contribution in [3.05, 3.63) is 0 Å². The minimum atomic E-state index is -1.20. The molecule has 0 spiro atoms. The van der Waals surface area contributed by atoms with Gasteiger partial charge in [0, 0.05) is 6.42 Å². The maximum atomic E-state index is 13.1. The molecule has 0 saturated carbocycles. The molecular formula is C22H40N6O6. The van der Waals surface area contributed by atoms with E-state index in [1.54, 1.807) is 0 Å². The Bertz CT molecular complexity index is 710. The Morgan fingerprint density at radius 2 is 1.59 bits per heavy atom. The monoisotopic (exact) mass is 484 g/mol. The Balaban J connectivity index is 2.94. The summed E-state index contributed by atoms with van der Waals surface area (Å²) in [5.74, 6) is -3.48. The van der Waals surface area contributed by atoms with E-state index in [1.807, 2.05) is 13.8 Å². The summed E-state index contributed by atoms with van der Waals surface area (Å²) in [6.45, 7) is 4.80. The van der Waals surface area contributed by atoms with Gasteiger partial charge < -0.3 is 37.8 Å². The first-order valence-corrected chi connectivity index (χ1v) is 11.9. The number of rotatable bonds is 16. The lowest BCUT2D eigenvalue weighted by molar-refractivity contribution is -0.143. The molecule has 1 aliphatic heterocycles. The molecule has 0 aromatic rings. The highest BCUT2D eigenvalue weighted by Gasteiger charge is 2.31. The molecule has 0 aromatic carbocycles. The molecule has 4 amide bonds. The van der Waals surface area contributed by atoms with Crippen LogP contribution in [0.1, 0.15) is 65.2 Å². The van der Waals surface area contributed by atoms with Crippen LogP contribution >= 0.6 is 0 Å². The number of carboxylic acid groups (broad SMARTS) is 1. The van der Waals surface area contributed by atoms with Crippen LogP contribution in [-0.2, 0) is 24.0 Å². The Morgan fingerprint density at radius 3 is 2.09 bits per heavy atom. The van der Waals surface area contributed by atoms with Crippen LogP contribution in [0.25, 0.3) is 0 Å². The quantitative estimate of drug-likeness (QED) is 0.131. The van der Waals surface area contributed by atoms with Crippen molar-refractivity contribution in [2.24, 2.45) is 17.4 Å². The van der Waals surface area contributed by atoms with Gasteiger partial charge in [0.15, 0.2) is 0 Å². The second-order valence-corrected chi connectivity index (χ2v) is 9.09. The number of unbranched alkanes of at least 4 members (excludes halogenated alkanes) is 1. The molecule has 4 atom stereocenters. The Labute approximate surface area is 200 Å². The maximum absolute atomic E-state index is 13.1. The molecule has 1 heterocycles. The maximum Gasteiger partial charge on any atom is 0.326 e. The second-order valence-electron chi connectivity index (χ2n) is 9.09. The lowest BCUT2D eigenvalue weighted by atomic mass is 10.0. The van der Waals surface area contributed by atoms with E-state index in [-0.39, 0.29) is 37.1 Å². The number of primary amides is 1. The third-order valence-electron chi connectivity index (χ3n) is 5.59. The van der Waals surface area contributed by atoms with Crippen LogP contribution in [0.4, 0.5) is 0 Å². The highest BCUT2D eigenvalue weighted by molar-refractivity contribution is 5.94. The lowest BCUT2D eigenvalue weighted by Gasteiger charge is -2.25. The SMILES string of the molecule is CC(C)CC(NC(=O)C(CCC(N)=O)NC(=O)C(CCCCN)NC(=O)C1CCCN1)C(=O)O. The number of carbonyl (C=O) groups is 5. The standard InChI is InChI=1S/C22H40N6O6/c1-13(2)12-17(22(33)34)28-21(32)16(8-9-18(24)29)27-20(31)15(6-3-4-10-23)26-19(30)14-7-5-11-25-14/h13-17,25H,3-12,23H2,1-2H3,(H2,24,29)(H,26,30)(H,27,31)(H,28,32)(H,33,34). The zero-order valence-electron chi connectivity index (χ0n) is 20.1. The third kappa shape index (κ3) is 10.9. The van der Waals surface area contributed by atoms with Crippen molar-refractivity contribution in [1.82, 2.24) is 21.3 Å². The van der Waals surface area contributed by atoms with Gasteiger partial charge in [0.25, 0.3) is 0 Å². The van der Waals surface area contributed by atoms with Gasteiger partial charge in [-0.25, -0.2) is 4.79 Å². The van der Waals surface area contributed by atoms with Gasteiger partial charge in [0.1, 0.15) is 18.1 Å². The molecule has 194 valence electrons. The summed E-state index contributed by atoms with van der Waals surface area (Å²) in [7, 11) is 0. The van der Waals surface area contributed by atoms with Gasteiger partial charge in [-0.2, -0.15) is 0 Å². The number of hydrogen-bond acceptors (Lipinski definition) is 7. The van der Waals surface area contributed by atoms with Crippen molar-refractivity contribution in [1.29, 1.82) is 0 Å². The smallest absolute Gasteiger partial charge is 0.326 e. The summed E-state index contributed by atoms with van der Waals surface area (Å²) in [6, 6.07) is -3.62. The number of amides is 4. The normalized spacial score (nSPS) is 18.1. The van der Waals surface area contributed by atoms with E-state index in [4.69, 9.17) is 11.5 Å². The Morgan fingerprint density at radius 1 is 0.971 bits per heavy atom. The van der Waals surface area contributed by atoms with Crippen molar-refractivity contribution in [2.45, 2.75) is 89.4 Å². The highest BCUT2D eigenvalue weighted by atomic mass is 16.4. The molecule has 1 aliphatic rings. The summed E-state index contributed by atoms with van der Waals surface area (Å²) in [5.41, 5.74) is 10.8. The van der Waals surface area contributed by atoms with Crippen molar-refractivity contribution in [3.63, 3.8) is 0 Å². The molecule has 4 unspecified atom stereocenters. The van der Waals surface area contributed by atoms with E-state index in [1.165, 1.54) is 0 Å². The van der Waals surface area contributed by atoms with Crippen LogP contribution in [0.3, 0.4) is 0 Å². The van der Waals surface area contributed by atoms with Gasteiger partial charge >= 0.3 is 5.97 Å². The van der Waals surface area contributed by atoms with Crippen molar-refractivity contribution in [2.75, 3.05) is 13.1 Å². The number of aliphatic carboxylic acids is 1. The van der Waals surface area contributed by atoms with Gasteiger partial charge in [0.2, 0.25) is 23.6 Å². The first kappa shape index (κ1) is 29.3. The largest absolute Gasteiger partial charge is 0.480 e. The van der Waals surface area contributed by atoms with Gasteiger partial charge in [-0.05, 0) is 64.0 Å². The number of carboxylic acids is 1. The average molecular weight is 485 g/mol. The minimum Gasteiger partial charge on any atom is -0.480 e. The Kier molecular flexibility index (Phi) is 13.1. The molecule has 1 fully saturated rings. The molecule has 0 radical (unpaired) electrons. The fraction of sp³-hybridized carbons (Fsp3) is 0.773. The lowest BCUT2D eigenvalue weighted by Crippen LogP contribution is -2.57. The van der Waals surface area contributed by atoms with E-state index >= 15 is 0 Å². The summed E-state index contributed by atoms with van der Waals surface area (Å²) in [4.78, 5) is 61.3. The molecule has 0 bridgehead atoms. The van der Waals surface area contributed by atoms with Crippen molar-refractivity contribution < 1.29 is 29.1 Å². The zero-order valence-corrected chi connectivity index (χ0v) is 20.1. The van der Waals surface area contributed by atoms with Gasteiger partial charge in [0.05, 0.1) is 6.04 Å². The molecule has 1 saturated heterocycles. The van der Waals surface area contributed by atoms with Crippen molar-refractivity contribution in [3.8, 4) is 0 Å². The molecular weight excluding hydrogens is 444 g/mol. The second kappa shape index (κ2) is 15.2. The van der Waals surface area contributed by atoms with Gasteiger partial charge in [-0.15, -0.1) is 0 Å². The minimum absolute atomic E-state index is 0.00592. The number of nitrogens with one attached hydrogen (secondary N) is 4. The van der Waals surface area contributed by atoms with Crippen LogP contribution in [0.5, 0.6) is 0 Å². The molecule has 34 heavy (non-hydrogen) atoms. The van der Waals surface area contributed by atoms with Crippen LogP contribution < -0.4 is 32.7 Å². The fourth-order valence-corrected chi connectivity index (χ4v) is 3.74. The number of nitrogens with two attached hydrogens (primary N) is 2. The Hall–Kier alpha value is -2.73. The molecule has 0 aliphatic carbocycles. The van der Waals surface area contributed by atoms with Gasteiger partial charge in [-0.1, -0.05) is 13.8 Å². The molecule has 12 nitrogen and oxygen atoms in total. The number of carbonyl (C=O) groups excluding carboxylic acids is 4. The van der Waals surface area contributed by atoms with Gasteiger partial charge in [-0.3, -0.25) is 19.2 Å². The predicted molar refractivity (Wildman–Crippen MR) is 125 cm³/mol. The predicted octanol–water partition coefficient (Wildman–Crippen LogP) is -1.28. The van der Waals surface area contributed by atoms with Crippen LogP contribution in [0, 0.1) is 5.92 Å². The molecule has 12 heteroatoms. The van der Waals surface area contributed by atoms with Crippen molar-refractivity contribution >= 4 is 29.6 Å². The average Bonchev–Trinajstić information content (AvgIpc) is 3.29. The van der Waals surface area contributed by atoms with Crippen LogP contribution in [-0.4, -0.2) is 72.0 Å². The van der Waals surface area contributed by atoms with E-state index < -0.39 is 41.8 Å². The number of hydrogen-bond donors (Lipinski definition) is 7. The highest BCUT2D eigenvalue weighted by Crippen LogP contribution is 2.10. The summed E-state index contributed by atoms with van der Waals surface area (Å²) >= 11 is 0. The van der Waals surface area contributed by atoms with Crippen LogP contribution in [0.15, 0.2) is 0 Å². The van der Waals surface area contributed by atoms with E-state index in [0.717, 1.165) is 13.0 Å². The summed E-state index contributed by atoms with van der Waals surface area (Å²) in [5, 5.41) is 20.2. The third-order valence-corrected chi connectivity index (χ3v) is 5.59. The summed E-state index contributed by atoms with van der Waals surface area (Å²) < 4.78 is 0. The first-order chi connectivity index (χ1) is 16.0. The molecule has 0 aromatic heterocycles. The fourth-order valence-electron chi connectivity index (χ4n) is 3.74. The summed E-state index contributed by atoms with van der Waals surface area (Å²) in [6.07, 6.45) is 2.99.